The molecule has 1 aromatic carbocycles. The molecule has 0 saturated carbocycles. The van der Waals surface area contributed by atoms with Gasteiger partial charge in [-0.1, -0.05) is 12.1 Å². The fraction of sp³-hybridized carbons (Fsp3) is 0.500. The van der Waals surface area contributed by atoms with Crippen LogP contribution in [0.15, 0.2) is 24.3 Å². The number of nitrogens with zero attached hydrogens (tertiary/aromatic N) is 1. The highest BCUT2D eigenvalue weighted by Crippen LogP contribution is 2.19. The molecule has 1 aliphatic rings. The van der Waals surface area contributed by atoms with Gasteiger partial charge in [-0.2, -0.15) is 0 Å². The standard InChI is InChI=1S/C14H19FN2O2/c1-10(17-7-6-11(8-17)9-18)14(19)16-13-5-3-2-4-12(13)15/h2-5,10-11,18H,6-9H2,1H3,(H,16,19). The summed E-state index contributed by atoms with van der Waals surface area (Å²) >= 11 is 0. The Balaban J connectivity index is 1.95. The highest BCUT2D eigenvalue weighted by atomic mass is 19.1. The number of hydrogen-bond acceptors (Lipinski definition) is 3. The Hall–Kier alpha value is -1.46. The number of amides is 1. The minimum atomic E-state index is -0.433. The lowest BCUT2D eigenvalue weighted by Crippen LogP contribution is -2.41. The molecule has 1 fully saturated rings. The second-order valence-corrected chi connectivity index (χ2v) is 4.98. The van der Waals surface area contributed by atoms with Gasteiger partial charge in [-0.15, -0.1) is 0 Å². The Bertz CT molecular complexity index is 453. The lowest BCUT2D eigenvalue weighted by atomic mass is 10.1. The first-order valence-corrected chi connectivity index (χ1v) is 6.52. The average molecular weight is 266 g/mol. The molecule has 1 heterocycles. The molecule has 0 aliphatic carbocycles. The third-order valence-corrected chi connectivity index (χ3v) is 3.63. The zero-order chi connectivity index (χ0) is 13.8. The van der Waals surface area contributed by atoms with Crippen molar-refractivity contribution >= 4 is 11.6 Å². The van der Waals surface area contributed by atoms with Crippen molar-refractivity contribution in [2.45, 2.75) is 19.4 Å². The van der Waals surface area contributed by atoms with E-state index in [1.165, 1.54) is 6.07 Å². The van der Waals surface area contributed by atoms with Crippen molar-refractivity contribution in [3.8, 4) is 0 Å². The van der Waals surface area contributed by atoms with Crippen LogP contribution in [0.3, 0.4) is 0 Å². The molecule has 0 spiro atoms. The van der Waals surface area contributed by atoms with Crippen molar-refractivity contribution < 1.29 is 14.3 Å². The number of anilines is 1. The predicted molar refractivity (Wildman–Crippen MR) is 71.3 cm³/mol. The van der Waals surface area contributed by atoms with Gasteiger partial charge < -0.3 is 10.4 Å². The summed E-state index contributed by atoms with van der Waals surface area (Å²) in [6.07, 6.45) is 0.897. The van der Waals surface area contributed by atoms with Crippen molar-refractivity contribution in [3.05, 3.63) is 30.1 Å². The number of carbonyl (C=O) groups is 1. The van der Waals surface area contributed by atoms with Crippen LogP contribution in [-0.2, 0) is 4.79 Å². The van der Waals surface area contributed by atoms with E-state index in [1.807, 2.05) is 4.90 Å². The number of aliphatic hydroxyl groups excluding tert-OH is 1. The highest BCUT2D eigenvalue weighted by molar-refractivity contribution is 5.94. The zero-order valence-electron chi connectivity index (χ0n) is 11.0. The molecule has 1 saturated heterocycles. The summed E-state index contributed by atoms with van der Waals surface area (Å²) < 4.78 is 13.4. The first kappa shape index (κ1) is 14.0. The molecule has 4 nitrogen and oxygen atoms in total. The number of carbonyl (C=O) groups excluding carboxylic acids is 1. The number of nitrogens with one attached hydrogen (secondary N) is 1. The molecule has 5 heteroatoms. The average Bonchev–Trinajstić information content (AvgIpc) is 2.89. The van der Waals surface area contributed by atoms with Crippen LogP contribution in [0.25, 0.3) is 0 Å². The summed E-state index contributed by atoms with van der Waals surface area (Å²) in [4.78, 5) is 14.1. The van der Waals surface area contributed by atoms with Crippen molar-refractivity contribution in [2.75, 3.05) is 25.0 Å². The monoisotopic (exact) mass is 266 g/mol. The zero-order valence-corrected chi connectivity index (χ0v) is 11.0. The van der Waals surface area contributed by atoms with Crippen LogP contribution in [0, 0.1) is 11.7 Å². The molecule has 104 valence electrons. The van der Waals surface area contributed by atoms with E-state index in [1.54, 1.807) is 25.1 Å². The number of hydrogen-bond donors (Lipinski definition) is 2. The molecule has 2 unspecified atom stereocenters. The van der Waals surface area contributed by atoms with E-state index in [4.69, 9.17) is 5.11 Å². The van der Waals surface area contributed by atoms with Crippen molar-refractivity contribution in [2.24, 2.45) is 5.92 Å². The Kier molecular flexibility index (Phi) is 4.50. The summed E-state index contributed by atoms with van der Waals surface area (Å²) in [5.74, 6) is -0.412. The third kappa shape index (κ3) is 3.30. The first-order valence-electron chi connectivity index (χ1n) is 6.52. The van der Waals surface area contributed by atoms with Gasteiger partial charge in [0.1, 0.15) is 5.82 Å². The molecule has 2 rings (SSSR count). The predicted octanol–water partition coefficient (Wildman–Crippen LogP) is 1.47. The lowest BCUT2D eigenvalue weighted by molar-refractivity contribution is -0.120. The van der Waals surface area contributed by atoms with Gasteiger partial charge in [0, 0.05) is 13.2 Å². The van der Waals surface area contributed by atoms with Gasteiger partial charge in [-0.25, -0.2) is 4.39 Å². The molecule has 2 N–H and O–H groups in total. The minimum Gasteiger partial charge on any atom is -0.396 e. The number of benzene rings is 1. The fourth-order valence-corrected chi connectivity index (χ4v) is 2.33. The van der Waals surface area contributed by atoms with Crippen molar-refractivity contribution in [1.29, 1.82) is 0 Å². The van der Waals surface area contributed by atoms with Gasteiger partial charge in [0.05, 0.1) is 11.7 Å². The van der Waals surface area contributed by atoms with Crippen LogP contribution < -0.4 is 5.32 Å². The van der Waals surface area contributed by atoms with E-state index in [-0.39, 0.29) is 30.2 Å². The summed E-state index contributed by atoms with van der Waals surface area (Å²) in [5.41, 5.74) is 0.206. The molecule has 1 amide bonds. The van der Waals surface area contributed by atoms with E-state index < -0.39 is 5.82 Å². The van der Waals surface area contributed by atoms with E-state index in [9.17, 15) is 9.18 Å². The maximum absolute atomic E-state index is 13.4. The number of halogens is 1. The number of para-hydroxylation sites is 1. The van der Waals surface area contributed by atoms with E-state index >= 15 is 0 Å². The van der Waals surface area contributed by atoms with Gasteiger partial charge in [0.2, 0.25) is 5.91 Å². The molecule has 0 aromatic heterocycles. The Labute approximate surface area is 112 Å². The third-order valence-electron chi connectivity index (χ3n) is 3.63. The normalized spacial score (nSPS) is 21.3. The lowest BCUT2D eigenvalue weighted by Gasteiger charge is -2.23. The quantitative estimate of drug-likeness (QED) is 0.867. The maximum Gasteiger partial charge on any atom is 0.241 e. The van der Waals surface area contributed by atoms with Gasteiger partial charge in [-0.05, 0) is 37.9 Å². The first-order chi connectivity index (χ1) is 9.11. The maximum atomic E-state index is 13.4. The Morgan fingerprint density at radius 2 is 2.32 bits per heavy atom. The van der Waals surface area contributed by atoms with Crippen molar-refractivity contribution in [3.63, 3.8) is 0 Å². The molecular weight excluding hydrogens is 247 g/mol. The van der Waals surface area contributed by atoms with Crippen LogP contribution in [-0.4, -0.2) is 41.7 Å². The second kappa shape index (κ2) is 6.12. The summed E-state index contributed by atoms with van der Waals surface area (Å²) in [5, 5.41) is 11.7. The summed E-state index contributed by atoms with van der Waals surface area (Å²) in [6, 6.07) is 5.80. The van der Waals surface area contributed by atoms with Crippen LogP contribution in [0.4, 0.5) is 10.1 Å². The molecule has 1 aromatic rings. The van der Waals surface area contributed by atoms with E-state index in [2.05, 4.69) is 5.32 Å². The highest BCUT2D eigenvalue weighted by Gasteiger charge is 2.29. The van der Waals surface area contributed by atoms with Gasteiger partial charge in [0.15, 0.2) is 0 Å². The second-order valence-electron chi connectivity index (χ2n) is 4.98. The minimum absolute atomic E-state index is 0.151. The number of aliphatic hydroxyl groups is 1. The molecule has 0 radical (unpaired) electrons. The molecule has 2 atom stereocenters. The molecule has 1 aliphatic heterocycles. The number of likely N-dealkylation sites (tertiary alicyclic amines) is 1. The van der Waals surface area contributed by atoms with E-state index in [0.29, 0.717) is 6.54 Å². The molecule has 19 heavy (non-hydrogen) atoms. The van der Waals surface area contributed by atoms with Crippen molar-refractivity contribution in [1.82, 2.24) is 4.90 Å². The summed E-state index contributed by atoms with van der Waals surface area (Å²) in [7, 11) is 0. The van der Waals surface area contributed by atoms with Crippen LogP contribution in [0.1, 0.15) is 13.3 Å². The largest absolute Gasteiger partial charge is 0.396 e. The molecular formula is C14H19FN2O2. The Morgan fingerprint density at radius 3 is 2.95 bits per heavy atom. The van der Waals surface area contributed by atoms with Gasteiger partial charge >= 0.3 is 0 Å². The Morgan fingerprint density at radius 1 is 1.58 bits per heavy atom. The topological polar surface area (TPSA) is 52.6 Å². The van der Waals surface area contributed by atoms with Gasteiger partial charge in [0.25, 0.3) is 0 Å². The van der Waals surface area contributed by atoms with Crippen LogP contribution >= 0.6 is 0 Å². The van der Waals surface area contributed by atoms with Gasteiger partial charge in [-0.3, -0.25) is 9.69 Å². The smallest absolute Gasteiger partial charge is 0.241 e. The SMILES string of the molecule is CC(C(=O)Nc1ccccc1F)N1CCC(CO)C1. The van der Waals surface area contributed by atoms with Crippen LogP contribution in [0.5, 0.6) is 0 Å². The van der Waals surface area contributed by atoms with Crippen LogP contribution in [0.2, 0.25) is 0 Å². The number of rotatable bonds is 4. The van der Waals surface area contributed by atoms with E-state index in [0.717, 1.165) is 13.0 Å². The summed E-state index contributed by atoms with van der Waals surface area (Å²) in [6.45, 7) is 3.45. The fourth-order valence-electron chi connectivity index (χ4n) is 2.33. The molecule has 0 bridgehead atoms.